The van der Waals surface area contributed by atoms with E-state index in [4.69, 9.17) is 0 Å². The number of benzene rings is 1. The first-order valence-corrected chi connectivity index (χ1v) is 9.01. The van der Waals surface area contributed by atoms with Gasteiger partial charge in [0.2, 0.25) is 5.82 Å². The van der Waals surface area contributed by atoms with E-state index in [-0.39, 0.29) is 13.1 Å². The van der Waals surface area contributed by atoms with E-state index in [0.717, 1.165) is 18.7 Å². The molecular formula is C19H22F3N5O2. The number of ether oxygens (including phenoxy) is 1. The summed E-state index contributed by atoms with van der Waals surface area (Å²) in [6.07, 6.45) is 0. The van der Waals surface area contributed by atoms with E-state index in [1.165, 1.54) is 4.90 Å². The lowest BCUT2D eigenvalue weighted by Crippen LogP contribution is -2.49. The SMILES string of the molecule is COc1c(F)c(F)cc(C(=O)N2CCN(c3cc(N(C)C)nc(C)n3)CC2)c1F. The number of hydrogen-bond donors (Lipinski definition) is 0. The zero-order valence-electron chi connectivity index (χ0n) is 16.7. The van der Waals surface area contributed by atoms with Crippen LogP contribution in [0.15, 0.2) is 12.1 Å². The monoisotopic (exact) mass is 409 g/mol. The summed E-state index contributed by atoms with van der Waals surface area (Å²) >= 11 is 0. The molecule has 156 valence electrons. The van der Waals surface area contributed by atoms with Crippen molar-refractivity contribution in [1.82, 2.24) is 14.9 Å². The van der Waals surface area contributed by atoms with Crippen molar-refractivity contribution in [3.8, 4) is 5.75 Å². The van der Waals surface area contributed by atoms with Crippen LogP contribution in [0.2, 0.25) is 0 Å². The molecule has 0 saturated carbocycles. The number of carbonyl (C=O) groups is 1. The normalized spacial score (nSPS) is 14.2. The van der Waals surface area contributed by atoms with Gasteiger partial charge < -0.3 is 19.4 Å². The molecule has 0 radical (unpaired) electrons. The predicted octanol–water partition coefficient (Wildman–Crippen LogP) is 2.24. The van der Waals surface area contributed by atoms with Crippen LogP contribution in [0.5, 0.6) is 5.75 Å². The number of hydrogen-bond acceptors (Lipinski definition) is 6. The van der Waals surface area contributed by atoms with Crippen molar-refractivity contribution in [2.75, 3.05) is 57.2 Å². The highest BCUT2D eigenvalue weighted by Gasteiger charge is 2.29. The lowest BCUT2D eigenvalue weighted by Gasteiger charge is -2.35. The zero-order chi connectivity index (χ0) is 21.3. The number of nitrogens with zero attached hydrogens (tertiary/aromatic N) is 5. The highest BCUT2D eigenvalue weighted by molar-refractivity contribution is 5.95. The van der Waals surface area contributed by atoms with E-state index in [2.05, 4.69) is 14.7 Å². The molecule has 0 aliphatic carbocycles. The van der Waals surface area contributed by atoms with Crippen LogP contribution in [0.25, 0.3) is 0 Å². The van der Waals surface area contributed by atoms with E-state index in [0.29, 0.717) is 25.0 Å². The number of carbonyl (C=O) groups excluding carboxylic acids is 1. The Balaban J connectivity index is 1.76. The van der Waals surface area contributed by atoms with E-state index < -0.39 is 34.7 Å². The Hall–Kier alpha value is -3.04. The van der Waals surface area contributed by atoms with Crippen molar-refractivity contribution in [3.05, 3.63) is 41.0 Å². The van der Waals surface area contributed by atoms with Gasteiger partial charge in [0.1, 0.15) is 17.5 Å². The van der Waals surface area contributed by atoms with E-state index in [1.54, 1.807) is 6.92 Å². The Bertz CT molecular complexity index is 931. The largest absolute Gasteiger partial charge is 0.491 e. The van der Waals surface area contributed by atoms with Gasteiger partial charge in [-0.05, 0) is 13.0 Å². The van der Waals surface area contributed by atoms with Crippen molar-refractivity contribution in [3.63, 3.8) is 0 Å². The van der Waals surface area contributed by atoms with Gasteiger partial charge in [-0.3, -0.25) is 4.79 Å². The Kier molecular flexibility index (Phi) is 5.81. The number of amides is 1. The number of anilines is 2. The van der Waals surface area contributed by atoms with Gasteiger partial charge in [-0.1, -0.05) is 0 Å². The molecule has 1 aliphatic heterocycles. The summed E-state index contributed by atoms with van der Waals surface area (Å²) in [5.74, 6) is -3.50. The molecule has 1 fully saturated rings. The van der Waals surface area contributed by atoms with Gasteiger partial charge in [-0.25, -0.2) is 18.7 Å². The average Bonchev–Trinajstić information content (AvgIpc) is 2.70. The lowest BCUT2D eigenvalue weighted by molar-refractivity contribution is 0.0740. The molecule has 10 heteroatoms. The second-order valence-corrected chi connectivity index (χ2v) is 6.87. The van der Waals surface area contributed by atoms with Crippen LogP contribution >= 0.6 is 0 Å². The molecule has 1 aliphatic rings. The molecule has 1 saturated heterocycles. The molecule has 3 rings (SSSR count). The van der Waals surface area contributed by atoms with Gasteiger partial charge in [0.15, 0.2) is 17.4 Å². The molecule has 0 atom stereocenters. The van der Waals surface area contributed by atoms with Crippen molar-refractivity contribution < 1.29 is 22.7 Å². The molecule has 7 nitrogen and oxygen atoms in total. The minimum absolute atomic E-state index is 0.278. The molecule has 0 N–H and O–H groups in total. The number of aromatic nitrogens is 2. The van der Waals surface area contributed by atoms with E-state index in [9.17, 15) is 18.0 Å². The summed E-state index contributed by atoms with van der Waals surface area (Å²) in [4.78, 5) is 26.7. The molecule has 1 aromatic heterocycles. The zero-order valence-corrected chi connectivity index (χ0v) is 16.7. The maximum absolute atomic E-state index is 14.4. The maximum Gasteiger partial charge on any atom is 0.257 e. The van der Waals surface area contributed by atoms with E-state index >= 15 is 0 Å². The first-order valence-electron chi connectivity index (χ1n) is 9.01. The molecule has 1 amide bonds. The first-order chi connectivity index (χ1) is 13.7. The van der Waals surface area contributed by atoms with Crippen molar-refractivity contribution in [1.29, 1.82) is 0 Å². The number of methoxy groups -OCH3 is 1. The van der Waals surface area contributed by atoms with Crippen molar-refractivity contribution in [2.24, 2.45) is 0 Å². The lowest BCUT2D eigenvalue weighted by atomic mass is 10.1. The number of rotatable bonds is 4. The Morgan fingerprint density at radius 3 is 2.31 bits per heavy atom. The van der Waals surface area contributed by atoms with Gasteiger partial charge in [-0.2, -0.15) is 4.39 Å². The summed E-state index contributed by atoms with van der Waals surface area (Å²) in [6, 6.07) is 2.42. The fourth-order valence-electron chi connectivity index (χ4n) is 3.15. The highest BCUT2D eigenvalue weighted by atomic mass is 19.2. The quantitative estimate of drug-likeness (QED) is 0.722. The molecule has 0 spiro atoms. The number of piperazine rings is 1. The molecule has 0 unspecified atom stereocenters. The third-order valence-electron chi connectivity index (χ3n) is 4.71. The fourth-order valence-corrected chi connectivity index (χ4v) is 3.15. The molecule has 1 aromatic carbocycles. The first kappa shape index (κ1) is 20.7. The van der Waals surface area contributed by atoms with E-state index in [1.807, 2.05) is 30.0 Å². The highest BCUT2D eigenvalue weighted by Crippen LogP contribution is 2.28. The van der Waals surface area contributed by atoms with Gasteiger partial charge in [0.25, 0.3) is 5.91 Å². The second kappa shape index (κ2) is 8.14. The number of aryl methyl sites for hydroxylation is 1. The summed E-state index contributed by atoms with van der Waals surface area (Å²) in [6.45, 7) is 3.27. The Labute approximate surface area is 166 Å². The maximum atomic E-state index is 14.4. The number of halogens is 3. The summed E-state index contributed by atoms with van der Waals surface area (Å²) in [5.41, 5.74) is -0.554. The summed E-state index contributed by atoms with van der Waals surface area (Å²) in [5, 5.41) is 0. The topological polar surface area (TPSA) is 61.8 Å². The Morgan fingerprint density at radius 2 is 1.72 bits per heavy atom. The van der Waals surface area contributed by atoms with Crippen LogP contribution in [0.3, 0.4) is 0 Å². The predicted molar refractivity (Wildman–Crippen MR) is 102 cm³/mol. The van der Waals surface area contributed by atoms with Crippen LogP contribution < -0.4 is 14.5 Å². The molecule has 0 bridgehead atoms. The van der Waals surface area contributed by atoms with Gasteiger partial charge in [0, 0.05) is 46.3 Å². The van der Waals surface area contributed by atoms with Crippen LogP contribution in [0.1, 0.15) is 16.2 Å². The third kappa shape index (κ3) is 4.06. The minimum atomic E-state index is -1.46. The molecular weight excluding hydrogens is 387 g/mol. The van der Waals surface area contributed by atoms with Crippen molar-refractivity contribution in [2.45, 2.75) is 6.92 Å². The summed E-state index contributed by atoms with van der Waals surface area (Å²) in [7, 11) is 4.78. The van der Waals surface area contributed by atoms with Crippen LogP contribution in [-0.4, -0.2) is 68.2 Å². The average molecular weight is 409 g/mol. The third-order valence-corrected chi connectivity index (χ3v) is 4.71. The van der Waals surface area contributed by atoms with Crippen LogP contribution in [0, 0.1) is 24.4 Å². The Morgan fingerprint density at radius 1 is 1.07 bits per heavy atom. The summed E-state index contributed by atoms with van der Waals surface area (Å²) < 4.78 is 46.3. The van der Waals surface area contributed by atoms with Crippen molar-refractivity contribution >= 4 is 17.5 Å². The fraction of sp³-hybridized carbons (Fsp3) is 0.421. The van der Waals surface area contributed by atoms with Gasteiger partial charge in [0.05, 0.1) is 12.7 Å². The molecule has 2 aromatic rings. The van der Waals surface area contributed by atoms with Crippen LogP contribution in [-0.2, 0) is 0 Å². The van der Waals surface area contributed by atoms with Crippen LogP contribution in [0.4, 0.5) is 24.8 Å². The van der Waals surface area contributed by atoms with Gasteiger partial charge >= 0.3 is 0 Å². The molecule has 2 heterocycles. The smallest absolute Gasteiger partial charge is 0.257 e. The van der Waals surface area contributed by atoms with Gasteiger partial charge in [-0.15, -0.1) is 0 Å². The molecule has 29 heavy (non-hydrogen) atoms. The second-order valence-electron chi connectivity index (χ2n) is 6.87. The standard InChI is InChI=1S/C19H22F3N5O2/c1-11-23-14(25(2)3)10-15(24-11)26-5-7-27(8-6-26)19(28)12-9-13(20)17(22)18(29-4)16(12)21/h9-10H,5-8H2,1-4H3. The minimum Gasteiger partial charge on any atom is -0.491 e.